The van der Waals surface area contributed by atoms with Crippen LogP contribution in [0.25, 0.3) is 0 Å². The average molecular weight is 240 g/mol. The third kappa shape index (κ3) is 2.52. The molecule has 0 aromatic carbocycles. The van der Waals surface area contributed by atoms with Crippen LogP contribution in [0.1, 0.15) is 18.5 Å². The smallest absolute Gasteiger partial charge is 0.251 e. The van der Waals surface area contributed by atoms with Crippen molar-refractivity contribution in [2.75, 3.05) is 18.0 Å². The van der Waals surface area contributed by atoms with Gasteiger partial charge >= 0.3 is 0 Å². The van der Waals surface area contributed by atoms with Crippen LogP contribution >= 0.6 is 0 Å². The van der Waals surface area contributed by atoms with E-state index in [1.165, 1.54) is 17.0 Å². The van der Waals surface area contributed by atoms with Gasteiger partial charge in [-0.15, -0.1) is 6.42 Å². The molecule has 1 aromatic heterocycles. The van der Waals surface area contributed by atoms with E-state index in [9.17, 15) is 13.2 Å². The van der Waals surface area contributed by atoms with E-state index in [1.54, 1.807) is 0 Å². The first kappa shape index (κ1) is 11.8. The molecule has 0 radical (unpaired) electrons. The molecule has 0 bridgehead atoms. The molecule has 2 rings (SSSR count). The number of alkyl halides is 2. The summed E-state index contributed by atoms with van der Waals surface area (Å²) in [6.07, 6.45) is 4.60. The van der Waals surface area contributed by atoms with E-state index in [1.807, 2.05) is 0 Å². The fourth-order valence-electron chi connectivity index (χ4n) is 1.78. The Bertz CT molecular complexity index is 455. The summed E-state index contributed by atoms with van der Waals surface area (Å²) in [5, 5.41) is 0. The van der Waals surface area contributed by atoms with Gasteiger partial charge in [-0.3, -0.25) is 0 Å². The summed E-state index contributed by atoms with van der Waals surface area (Å²) >= 11 is 0. The fraction of sp³-hybridized carbons (Fsp3) is 0.417. The van der Waals surface area contributed by atoms with E-state index in [4.69, 9.17) is 6.42 Å². The van der Waals surface area contributed by atoms with Crippen molar-refractivity contribution in [3.05, 3.63) is 23.6 Å². The first-order valence-corrected chi connectivity index (χ1v) is 5.28. The van der Waals surface area contributed by atoms with Crippen molar-refractivity contribution in [3.8, 4) is 12.3 Å². The number of hydrogen-bond acceptors (Lipinski definition) is 2. The number of aromatic nitrogens is 1. The second-order valence-corrected chi connectivity index (χ2v) is 3.99. The Morgan fingerprint density at radius 1 is 1.29 bits per heavy atom. The molecule has 1 aliphatic heterocycles. The summed E-state index contributed by atoms with van der Waals surface area (Å²) in [5.41, 5.74) is 0.304. The van der Waals surface area contributed by atoms with Crippen LogP contribution in [0.4, 0.5) is 19.0 Å². The molecule has 1 aromatic rings. The molecular formula is C12H11F3N2. The van der Waals surface area contributed by atoms with Gasteiger partial charge in [-0.25, -0.2) is 18.2 Å². The number of nitrogens with zero attached hydrogens (tertiary/aromatic N) is 2. The molecule has 1 aliphatic rings. The normalized spacial score (nSPS) is 18.8. The van der Waals surface area contributed by atoms with E-state index in [2.05, 4.69) is 10.9 Å². The van der Waals surface area contributed by atoms with Crippen molar-refractivity contribution in [2.45, 2.75) is 18.8 Å². The summed E-state index contributed by atoms with van der Waals surface area (Å²) < 4.78 is 39.5. The van der Waals surface area contributed by atoms with E-state index in [-0.39, 0.29) is 31.7 Å². The lowest BCUT2D eigenvalue weighted by atomic mass is 10.1. The highest BCUT2D eigenvalue weighted by molar-refractivity contribution is 5.44. The molecule has 17 heavy (non-hydrogen) atoms. The molecule has 0 spiro atoms. The fourth-order valence-corrected chi connectivity index (χ4v) is 1.78. The van der Waals surface area contributed by atoms with Crippen molar-refractivity contribution < 1.29 is 13.2 Å². The zero-order chi connectivity index (χ0) is 12.5. The molecule has 90 valence electrons. The number of hydrogen-bond donors (Lipinski definition) is 0. The van der Waals surface area contributed by atoms with Crippen LogP contribution < -0.4 is 4.90 Å². The highest BCUT2D eigenvalue weighted by Crippen LogP contribution is 2.30. The van der Waals surface area contributed by atoms with Crippen LogP contribution in [0.5, 0.6) is 0 Å². The second kappa shape index (κ2) is 4.28. The highest BCUT2D eigenvalue weighted by atomic mass is 19.3. The monoisotopic (exact) mass is 240 g/mol. The maximum absolute atomic E-state index is 13.5. The molecule has 1 saturated heterocycles. The maximum Gasteiger partial charge on any atom is 0.251 e. The van der Waals surface area contributed by atoms with Gasteiger partial charge in [-0.1, -0.05) is 5.92 Å². The van der Waals surface area contributed by atoms with Crippen LogP contribution in [0.2, 0.25) is 0 Å². The van der Waals surface area contributed by atoms with Gasteiger partial charge in [0.25, 0.3) is 5.92 Å². The lowest BCUT2D eigenvalue weighted by molar-refractivity contribution is -0.0222. The summed E-state index contributed by atoms with van der Waals surface area (Å²) in [5.74, 6) is -0.826. The molecule has 2 heterocycles. The average Bonchev–Trinajstić information content (AvgIpc) is 2.30. The van der Waals surface area contributed by atoms with Gasteiger partial charge in [0, 0.05) is 25.9 Å². The zero-order valence-electron chi connectivity index (χ0n) is 9.09. The number of anilines is 1. The van der Waals surface area contributed by atoms with Crippen LogP contribution in [0, 0.1) is 18.2 Å². The van der Waals surface area contributed by atoms with E-state index >= 15 is 0 Å². The number of terminal acetylenes is 1. The number of piperidine rings is 1. The molecule has 0 aliphatic carbocycles. The first-order valence-electron chi connectivity index (χ1n) is 5.28. The number of pyridine rings is 1. The van der Waals surface area contributed by atoms with Crippen LogP contribution in [0.15, 0.2) is 12.1 Å². The van der Waals surface area contributed by atoms with Crippen molar-refractivity contribution >= 4 is 5.82 Å². The SMILES string of the molecule is C#Cc1ccc(F)c(N2CCC(F)(F)CC2)n1. The third-order valence-corrected chi connectivity index (χ3v) is 2.77. The topological polar surface area (TPSA) is 16.1 Å². The van der Waals surface area contributed by atoms with Gasteiger partial charge in [0.15, 0.2) is 11.6 Å². The number of halogens is 3. The molecule has 0 atom stereocenters. The number of rotatable bonds is 1. The largest absolute Gasteiger partial charge is 0.354 e. The van der Waals surface area contributed by atoms with Gasteiger partial charge in [-0.2, -0.15) is 0 Å². The third-order valence-electron chi connectivity index (χ3n) is 2.77. The minimum absolute atomic E-state index is 0.0657. The maximum atomic E-state index is 13.5. The lowest BCUT2D eigenvalue weighted by Crippen LogP contribution is -2.40. The van der Waals surface area contributed by atoms with Gasteiger partial charge in [0.05, 0.1) is 0 Å². The Kier molecular flexibility index (Phi) is 2.97. The van der Waals surface area contributed by atoms with E-state index in [0.29, 0.717) is 5.69 Å². The Morgan fingerprint density at radius 2 is 1.94 bits per heavy atom. The predicted molar refractivity (Wildman–Crippen MR) is 58.5 cm³/mol. The molecule has 5 heteroatoms. The summed E-state index contributed by atoms with van der Waals surface area (Å²) in [6, 6.07) is 2.60. The summed E-state index contributed by atoms with van der Waals surface area (Å²) in [4.78, 5) is 5.44. The lowest BCUT2D eigenvalue weighted by Gasteiger charge is -2.32. The van der Waals surface area contributed by atoms with Crippen LogP contribution in [0.3, 0.4) is 0 Å². The van der Waals surface area contributed by atoms with Gasteiger partial charge in [0.2, 0.25) is 0 Å². The molecule has 0 amide bonds. The summed E-state index contributed by atoms with van der Waals surface area (Å²) in [7, 11) is 0. The Hall–Kier alpha value is -1.70. The standard InChI is InChI=1S/C12H11F3N2/c1-2-9-3-4-10(13)11(16-9)17-7-5-12(14,15)6-8-17/h1,3-4H,5-8H2. The minimum Gasteiger partial charge on any atom is -0.354 e. The Labute approximate surface area is 97.5 Å². The molecular weight excluding hydrogens is 229 g/mol. The molecule has 0 unspecified atom stereocenters. The zero-order valence-corrected chi connectivity index (χ0v) is 9.09. The minimum atomic E-state index is -2.66. The first-order chi connectivity index (χ1) is 8.02. The predicted octanol–water partition coefficient (Wildman–Crippen LogP) is 2.44. The second-order valence-electron chi connectivity index (χ2n) is 3.99. The van der Waals surface area contributed by atoms with Crippen molar-refractivity contribution in [1.82, 2.24) is 4.98 Å². The summed E-state index contributed by atoms with van der Waals surface area (Å²) in [6.45, 7) is 0.176. The molecule has 0 N–H and O–H groups in total. The van der Waals surface area contributed by atoms with Gasteiger partial charge < -0.3 is 4.90 Å². The van der Waals surface area contributed by atoms with Gasteiger partial charge in [-0.05, 0) is 12.1 Å². The van der Waals surface area contributed by atoms with Crippen LogP contribution in [-0.2, 0) is 0 Å². The Balaban J connectivity index is 2.21. The van der Waals surface area contributed by atoms with Crippen molar-refractivity contribution in [1.29, 1.82) is 0 Å². The van der Waals surface area contributed by atoms with Crippen molar-refractivity contribution in [3.63, 3.8) is 0 Å². The quantitative estimate of drug-likeness (QED) is 0.701. The van der Waals surface area contributed by atoms with Gasteiger partial charge in [0.1, 0.15) is 5.69 Å². The highest BCUT2D eigenvalue weighted by Gasteiger charge is 2.35. The van der Waals surface area contributed by atoms with Crippen molar-refractivity contribution in [2.24, 2.45) is 0 Å². The van der Waals surface area contributed by atoms with Crippen LogP contribution in [-0.4, -0.2) is 24.0 Å². The molecule has 0 saturated carbocycles. The molecule has 1 fully saturated rings. The Morgan fingerprint density at radius 3 is 2.53 bits per heavy atom. The van der Waals surface area contributed by atoms with E-state index < -0.39 is 11.7 Å². The van der Waals surface area contributed by atoms with E-state index in [0.717, 1.165) is 0 Å². The molecule has 2 nitrogen and oxygen atoms in total.